The van der Waals surface area contributed by atoms with Gasteiger partial charge in [0.15, 0.2) is 0 Å². The van der Waals surface area contributed by atoms with Crippen molar-refractivity contribution in [3.63, 3.8) is 0 Å². The van der Waals surface area contributed by atoms with Crippen molar-refractivity contribution in [1.29, 1.82) is 0 Å². The molecule has 0 spiro atoms. The summed E-state index contributed by atoms with van der Waals surface area (Å²) >= 11 is 0. The summed E-state index contributed by atoms with van der Waals surface area (Å²) in [5.41, 5.74) is 6.37. The average Bonchev–Trinajstić information content (AvgIpc) is 3.22. The Hall–Kier alpha value is -3.53. The third-order valence-corrected chi connectivity index (χ3v) is 6.44. The SMILES string of the molecule is C=CC1=C(C=C)CN(C(=O)c2c(CCCCC)cc(O)c(-c3cc(C)ccc3C(=C)C)c2O)C1. The van der Waals surface area contributed by atoms with Gasteiger partial charge in [0.05, 0.1) is 11.1 Å². The van der Waals surface area contributed by atoms with Crippen LogP contribution >= 0.6 is 0 Å². The molecule has 0 fully saturated rings. The van der Waals surface area contributed by atoms with Crippen LogP contribution in [0.4, 0.5) is 0 Å². The van der Waals surface area contributed by atoms with Crippen LogP contribution in [0.5, 0.6) is 11.5 Å². The molecule has 0 radical (unpaired) electrons. The molecule has 4 heteroatoms. The van der Waals surface area contributed by atoms with Gasteiger partial charge >= 0.3 is 0 Å². The number of aryl methyl sites for hydroxylation is 2. The molecule has 0 saturated heterocycles. The summed E-state index contributed by atoms with van der Waals surface area (Å²) in [6.45, 7) is 18.6. The van der Waals surface area contributed by atoms with Crippen LogP contribution in [0, 0.1) is 6.92 Å². The van der Waals surface area contributed by atoms with E-state index in [1.807, 2.05) is 32.0 Å². The van der Waals surface area contributed by atoms with Crippen molar-refractivity contribution in [1.82, 2.24) is 4.90 Å². The molecule has 1 aliphatic rings. The second kappa shape index (κ2) is 10.6. The summed E-state index contributed by atoms with van der Waals surface area (Å²) < 4.78 is 0. The van der Waals surface area contributed by atoms with Crippen LogP contribution in [0.1, 0.15) is 60.2 Å². The molecule has 34 heavy (non-hydrogen) atoms. The molecule has 178 valence electrons. The lowest BCUT2D eigenvalue weighted by Crippen LogP contribution is -2.30. The molecule has 1 heterocycles. The molecule has 0 unspecified atom stereocenters. The standard InChI is InChI=1S/C30H35NO3/c1-7-10-11-12-23-16-26(32)28(25-15-20(6)13-14-24(25)19(4)5)29(33)27(23)30(34)31-17-21(8-2)22(9-3)18-31/h8-9,13-16,32-33H,2-4,7,10-12,17-18H2,1,5-6H3. The number of benzene rings is 2. The molecule has 0 saturated carbocycles. The van der Waals surface area contributed by atoms with Gasteiger partial charge in [-0.15, -0.1) is 0 Å². The zero-order chi connectivity index (χ0) is 25.0. The van der Waals surface area contributed by atoms with Crippen molar-refractivity contribution in [3.05, 3.63) is 89.6 Å². The first-order valence-electron chi connectivity index (χ1n) is 11.8. The third kappa shape index (κ3) is 4.86. The van der Waals surface area contributed by atoms with Gasteiger partial charge in [-0.2, -0.15) is 0 Å². The number of phenolic OH excluding ortho intramolecular Hbond substituents is 2. The maximum atomic E-state index is 13.8. The number of hydrogen-bond donors (Lipinski definition) is 2. The minimum atomic E-state index is -0.258. The summed E-state index contributed by atoms with van der Waals surface area (Å²) in [4.78, 5) is 15.5. The van der Waals surface area contributed by atoms with E-state index in [2.05, 4.69) is 26.7 Å². The fourth-order valence-corrected chi connectivity index (χ4v) is 4.57. The second-order valence-electron chi connectivity index (χ2n) is 9.06. The van der Waals surface area contributed by atoms with Crippen LogP contribution in [0.15, 0.2) is 67.3 Å². The molecule has 4 nitrogen and oxygen atoms in total. The van der Waals surface area contributed by atoms with Crippen LogP contribution in [-0.2, 0) is 6.42 Å². The zero-order valence-corrected chi connectivity index (χ0v) is 20.6. The lowest BCUT2D eigenvalue weighted by atomic mass is 9.88. The molecule has 2 aromatic carbocycles. The smallest absolute Gasteiger partial charge is 0.258 e. The summed E-state index contributed by atoms with van der Waals surface area (Å²) in [6, 6.07) is 7.46. The molecule has 0 aliphatic carbocycles. The number of allylic oxidation sites excluding steroid dienone is 1. The fourth-order valence-electron chi connectivity index (χ4n) is 4.57. The van der Waals surface area contributed by atoms with Crippen LogP contribution in [0.2, 0.25) is 0 Å². The predicted molar refractivity (Wildman–Crippen MR) is 141 cm³/mol. The van der Waals surface area contributed by atoms with E-state index in [9.17, 15) is 15.0 Å². The van der Waals surface area contributed by atoms with Gasteiger partial charge in [0.2, 0.25) is 0 Å². The Morgan fingerprint density at radius 3 is 2.29 bits per heavy atom. The number of hydrogen-bond acceptors (Lipinski definition) is 3. The number of phenols is 2. The lowest BCUT2D eigenvalue weighted by molar-refractivity contribution is 0.0793. The average molecular weight is 458 g/mol. The lowest BCUT2D eigenvalue weighted by Gasteiger charge is -2.23. The number of carbonyl (C=O) groups excluding carboxylic acids is 1. The highest BCUT2D eigenvalue weighted by atomic mass is 16.3. The highest BCUT2D eigenvalue weighted by molar-refractivity contribution is 6.03. The number of carbonyl (C=O) groups is 1. The van der Waals surface area contributed by atoms with Crippen molar-refractivity contribution >= 4 is 11.5 Å². The van der Waals surface area contributed by atoms with Gasteiger partial charge in [0.1, 0.15) is 11.5 Å². The van der Waals surface area contributed by atoms with Gasteiger partial charge in [-0.1, -0.05) is 81.0 Å². The van der Waals surface area contributed by atoms with Crippen molar-refractivity contribution in [3.8, 4) is 22.6 Å². The van der Waals surface area contributed by atoms with Crippen LogP contribution in [0.3, 0.4) is 0 Å². The first-order chi connectivity index (χ1) is 16.2. The Balaban J connectivity index is 2.19. The van der Waals surface area contributed by atoms with E-state index in [4.69, 9.17) is 0 Å². The van der Waals surface area contributed by atoms with Crippen molar-refractivity contribution < 1.29 is 15.0 Å². The Morgan fingerprint density at radius 1 is 1.09 bits per heavy atom. The highest BCUT2D eigenvalue weighted by Crippen LogP contribution is 2.45. The van der Waals surface area contributed by atoms with E-state index in [0.717, 1.165) is 47.1 Å². The first kappa shape index (κ1) is 25.1. The summed E-state index contributed by atoms with van der Waals surface area (Å²) in [7, 11) is 0. The number of aromatic hydroxyl groups is 2. The van der Waals surface area contributed by atoms with E-state index in [0.29, 0.717) is 30.6 Å². The summed E-state index contributed by atoms with van der Waals surface area (Å²) in [5, 5.41) is 22.6. The Labute approximate surface area is 203 Å². The third-order valence-electron chi connectivity index (χ3n) is 6.44. The Bertz CT molecular complexity index is 1170. The zero-order valence-electron chi connectivity index (χ0n) is 20.6. The number of rotatable bonds is 9. The topological polar surface area (TPSA) is 60.8 Å². The number of unbranched alkanes of at least 4 members (excludes halogenated alkanes) is 2. The molecule has 0 aromatic heterocycles. The number of amides is 1. The quantitative estimate of drug-likeness (QED) is 0.400. The van der Waals surface area contributed by atoms with Gasteiger partial charge in [-0.3, -0.25) is 4.79 Å². The molecule has 2 N–H and O–H groups in total. The maximum Gasteiger partial charge on any atom is 0.258 e. The molecule has 3 rings (SSSR count). The van der Waals surface area contributed by atoms with E-state index in [-0.39, 0.29) is 28.5 Å². The minimum absolute atomic E-state index is 0.0354. The van der Waals surface area contributed by atoms with Crippen molar-refractivity contribution in [2.45, 2.75) is 46.5 Å². The molecule has 2 aromatic rings. The van der Waals surface area contributed by atoms with E-state index in [1.54, 1.807) is 23.1 Å². The van der Waals surface area contributed by atoms with Gasteiger partial charge in [0.25, 0.3) is 5.91 Å². The van der Waals surface area contributed by atoms with Gasteiger partial charge in [-0.05, 0) is 60.6 Å². The summed E-state index contributed by atoms with van der Waals surface area (Å²) in [6.07, 6.45) is 7.00. The minimum Gasteiger partial charge on any atom is -0.507 e. The van der Waals surface area contributed by atoms with Crippen LogP contribution in [0.25, 0.3) is 16.7 Å². The van der Waals surface area contributed by atoms with E-state index in [1.165, 1.54) is 0 Å². The van der Waals surface area contributed by atoms with Gasteiger partial charge in [-0.25, -0.2) is 0 Å². The van der Waals surface area contributed by atoms with Crippen LogP contribution < -0.4 is 0 Å². The van der Waals surface area contributed by atoms with E-state index >= 15 is 0 Å². The molecule has 0 atom stereocenters. The van der Waals surface area contributed by atoms with Gasteiger partial charge < -0.3 is 15.1 Å². The van der Waals surface area contributed by atoms with E-state index < -0.39 is 0 Å². The Kier molecular flexibility index (Phi) is 7.83. The first-order valence-corrected chi connectivity index (χ1v) is 11.8. The Morgan fingerprint density at radius 2 is 1.74 bits per heavy atom. The summed E-state index contributed by atoms with van der Waals surface area (Å²) in [5.74, 6) is -0.477. The largest absolute Gasteiger partial charge is 0.507 e. The maximum absolute atomic E-state index is 13.8. The van der Waals surface area contributed by atoms with Crippen molar-refractivity contribution in [2.24, 2.45) is 0 Å². The molecular formula is C30H35NO3. The molecule has 1 aliphatic heterocycles. The molecular weight excluding hydrogens is 422 g/mol. The highest BCUT2D eigenvalue weighted by Gasteiger charge is 2.30. The fraction of sp³-hybridized carbons (Fsp3) is 0.300. The molecule has 1 amide bonds. The normalized spacial score (nSPS) is 13.3. The predicted octanol–water partition coefficient (Wildman–Crippen LogP) is 6.96. The number of nitrogens with zero attached hydrogens (tertiary/aromatic N) is 1. The second-order valence-corrected chi connectivity index (χ2v) is 9.06. The monoisotopic (exact) mass is 457 g/mol. The van der Waals surface area contributed by atoms with Crippen molar-refractivity contribution in [2.75, 3.05) is 13.1 Å². The molecule has 0 bridgehead atoms. The van der Waals surface area contributed by atoms with Gasteiger partial charge in [0, 0.05) is 13.1 Å². The van der Waals surface area contributed by atoms with Crippen LogP contribution in [-0.4, -0.2) is 34.1 Å².